The monoisotopic (exact) mass is 489 g/mol. The molecule has 2 N–H and O–H groups in total. The molecule has 0 aliphatic heterocycles. The molecule has 3 amide bonds. The van der Waals surface area contributed by atoms with Crippen molar-refractivity contribution in [2.45, 2.75) is 44.7 Å². The lowest BCUT2D eigenvalue weighted by atomic mass is 10.0. The second-order valence-corrected chi connectivity index (χ2v) is 8.85. The second kappa shape index (κ2) is 12.3. The van der Waals surface area contributed by atoms with Gasteiger partial charge in [-0.15, -0.1) is 11.3 Å². The van der Waals surface area contributed by atoms with Gasteiger partial charge in [-0.25, -0.2) is 4.39 Å². The largest absolute Gasteiger partial charge is 0.465 e. The van der Waals surface area contributed by atoms with E-state index in [-0.39, 0.29) is 18.2 Å². The van der Waals surface area contributed by atoms with Crippen LogP contribution in [0.15, 0.2) is 41.8 Å². The quantitative estimate of drug-likeness (QED) is 0.500. The Morgan fingerprint density at radius 2 is 1.88 bits per heavy atom. The van der Waals surface area contributed by atoms with E-state index in [2.05, 4.69) is 10.6 Å². The predicted octanol–water partition coefficient (Wildman–Crippen LogP) is 2.81. The van der Waals surface area contributed by atoms with Gasteiger partial charge in [0, 0.05) is 11.6 Å². The van der Waals surface area contributed by atoms with Gasteiger partial charge in [-0.1, -0.05) is 37.1 Å². The van der Waals surface area contributed by atoms with Crippen LogP contribution in [0.4, 0.5) is 4.39 Å². The lowest BCUT2D eigenvalue weighted by molar-refractivity contribution is -0.152. The number of carbonyl (C=O) groups excluding carboxylic acids is 4. The molecule has 0 saturated heterocycles. The minimum atomic E-state index is -1.41. The number of nitrogens with one attached hydrogen (secondary N) is 2. The van der Waals surface area contributed by atoms with Gasteiger partial charge in [0.05, 0.1) is 18.0 Å². The molecule has 1 unspecified atom stereocenters. The molecule has 2 aromatic rings. The van der Waals surface area contributed by atoms with Gasteiger partial charge in [0.1, 0.15) is 18.4 Å². The van der Waals surface area contributed by atoms with Crippen LogP contribution in [0.1, 0.15) is 53.9 Å². The van der Waals surface area contributed by atoms with Crippen LogP contribution >= 0.6 is 11.3 Å². The van der Waals surface area contributed by atoms with Gasteiger partial charge < -0.3 is 20.3 Å². The van der Waals surface area contributed by atoms with Crippen molar-refractivity contribution in [3.05, 3.63) is 58.0 Å². The Balaban J connectivity index is 1.88. The van der Waals surface area contributed by atoms with Crippen LogP contribution in [0.25, 0.3) is 0 Å². The molecule has 1 aliphatic rings. The topological polar surface area (TPSA) is 105 Å². The Morgan fingerprint density at radius 3 is 2.53 bits per heavy atom. The summed E-state index contributed by atoms with van der Waals surface area (Å²) >= 11 is 1.21. The van der Waals surface area contributed by atoms with Crippen molar-refractivity contribution in [1.82, 2.24) is 15.5 Å². The maximum absolute atomic E-state index is 14.8. The number of carbonyl (C=O) groups is 4. The zero-order chi connectivity index (χ0) is 24.5. The first-order valence-corrected chi connectivity index (χ1v) is 12.1. The minimum absolute atomic E-state index is 0.0415. The van der Waals surface area contributed by atoms with E-state index < -0.39 is 48.6 Å². The maximum atomic E-state index is 14.8. The van der Waals surface area contributed by atoms with Crippen molar-refractivity contribution in [3.8, 4) is 0 Å². The molecule has 182 valence electrons. The molecule has 1 aromatic carbocycles. The van der Waals surface area contributed by atoms with Crippen LogP contribution in [0.2, 0.25) is 0 Å². The zero-order valence-electron chi connectivity index (χ0n) is 18.9. The molecule has 1 aliphatic carbocycles. The number of amides is 3. The summed E-state index contributed by atoms with van der Waals surface area (Å²) in [5.74, 6) is -3.18. The third kappa shape index (κ3) is 6.63. The van der Waals surface area contributed by atoms with E-state index in [9.17, 15) is 23.6 Å². The Hall–Kier alpha value is -3.27. The van der Waals surface area contributed by atoms with E-state index in [1.165, 1.54) is 29.5 Å². The third-order valence-corrected chi connectivity index (χ3v) is 6.40. The predicted molar refractivity (Wildman–Crippen MR) is 125 cm³/mol. The summed E-state index contributed by atoms with van der Waals surface area (Å²) in [6.45, 7) is 0.650. The fourth-order valence-corrected chi connectivity index (χ4v) is 4.56. The number of halogens is 1. The summed E-state index contributed by atoms with van der Waals surface area (Å²) in [6, 6.07) is 7.45. The Labute approximate surface area is 201 Å². The third-order valence-electron chi connectivity index (χ3n) is 5.53. The highest BCUT2D eigenvalue weighted by Crippen LogP contribution is 2.26. The van der Waals surface area contributed by atoms with Gasteiger partial charge in [0.25, 0.3) is 5.91 Å². The fourth-order valence-electron chi connectivity index (χ4n) is 3.92. The summed E-state index contributed by atoms with van der Waals surface area (Å²) < 4.78 is 19.8. The maximum Gasteiger partial charge on any atom is 0.325 e. The Bertz CT molecular complexity index is 1010. The van der Waals surface area contributed by atoms with Crippen molar-refractivity contribution < 1.29 is 28.3 Å². The number of ether oxygens (including phenoxy) is 1. The highest BCUT2D eigenvalue weighted by Gasteiger charge is 2.36. The molecule has 1 atom stereocenters. The summed E-state index contributed by atoms with van der Waals surface area (Å²) in [6.07, 6.45) is 3.52. The van der Waals surface area contributed by atoms with Gasteiger partial charge in [0.2, 0.25) is 11.8 Å². The van der Waals surface area contributed by atoms with E-state index in [1.807, 2.05) is 0 Å². The van der Waals surface area contributed by atoms with E-state index in [1.54, 1.807) is 30.5 Å². The number of rotatable bonds is 10. The first-order chi connectivity index (χ1) is 16.4. The first kappa shape index (κ1) is 25.4. The highest BCUT2D eigenvalue weighted by atomic mass is 32.1. The molecule has 3 rings (SSSR count). The van der Waals surface area contributed by atoms with Gasteiger partial charge in [-0.2, -0.15) is 0 Å². The van der Waals surface area contributed by atoms with Crippen molar-refractivity contribution in [2.24, 2.45) is 0 Å². The van der Waals surface area contributed by atoms with Gasteiger partial charge in [-0.05, 0) is 37.3 Å². The van der Waals surface area contributed by atoms with Crippen molar-refractivity contribution in [2.75, 3.05) is 19.7 Å². The van der Waals surface area contributed by atoms with Crippen LogP contribution in [0.5, 0.6) is 0 Å². The van der Waals surface area contributed by atoms with Crippen LogP contribution < -0.4 is 10.6 Å². The number of hydrogen-bond donors (Lipinski definition) is 2. The fraction of sp³-hybridized carbons (Fsp3) is 0.417. The van der Waals surface area contributed by atoms with Crippen molar-refractivity contribution in [1.29, 1.82) is 0 Å². The highest BCUT2D eigenvalue weighted by molar-refractivity contribution is 7.12. The number of hydrogen-bond acceptors (Lipinski definition) is 6. The normalized spacial score (nSPS) is 14.3. The standard InChI is InChI=1S/C24H28FN3O5S/c1-2-33-21(30)15-28(20(29)14-26-23(31)19-12-7-13-34-19)22(17-10-5-6-11-18(17)25)24(32)27-16-8-3-4-9-16/h5-7,10-13,16,22H,2-4,8-9,14-15H2,1H3,(H,26,31)(H,27,32). The molecular weight excluding hydrogens is 461 g/mol. The van der Waals surface area contributed by atoms with Crippen LogP contribution in [-0.4, -0.2) is 54.3 Å². The molecule has 34 heavy (non-hydrogen) atoms. The number of nitrogens with zero attached hydrogens (tertiary/aromatic N) is 1. The van der Waals surface area contributed by atoms with E-state index in [0.29, 0.717) is 4.88 Å². The summed E-state index contributed by atoms with van der Waals surface area (Å²) in [7, 11) is 0. The second-order valence-electron chi connectivity index (χ2n) is 7.90. The van der Waals surface area contributed by atoms with E-state index in [4.69, 9.17) is 4.74 Å². The lowest BCUT2D eigenvalue weighted by Gasteiger charge is -2.31. The van der Waals surface area contributed by atoms with Gasteiger partial charge >= 0.3 is 5.97 Å². The minimum Gasteiger partial charge on any atom is -0.465 e. The van der Waals surface area contributed by atoms with Gasteiger partial charge in [-0.3, -0.25) is 19.2 Å². The van der Waals surface area contributed by atoms with Crippen LogP contribution in [0.3, 0.4) is 0 Å². The molecule has 1 fully saturated rings. The van der Waals surface area contributed by atoms with E-state index >= 15 is 0 Å². The lowest BCUT2D eigenvalue weighted by Crippen LogP contribution is -2.50. The number of benzene rings is 1. The molecule has 10 heteroatoms. The van der Waals surface area contributed by atoms with Crippen LogP contribution in [-0.2, 0) is 19.1 Å². The molecule has 1 aromatic heterocycles. The van der Waals surface area contributed by atoms with E-state index in [0.717, 1.165) is 30.6 Å². The number of esters is 1. The zero-order valence-corrected chi connectivity index (χ0v) is 19.7. The molecule has 0 radical (unpaired) electrons. The average molecular weight is 490 g/mol. The SMILES string of the molecule is CCOC(=O)CN(C(=O)CNC(=O)c1cccs1)C(C(=O)NC1CCCC1)c1ccccc1F. The van der Waals surface area contributed by atoms with Crippen molar-refractivity contribution in [3.63, 3.8) is 0 Å². The van der Waals surface area contributed by atoms with Crippen LogP contribution in [0, 0.1) is 5.82 Å². The van der Waals surface area contributed by atoms with Gasteiger partial charge in [0.15, 0.2) is 0 Å². The molecule has 8 nitrogen and oxygen atoms in total. The molecule has 0 bridgehead atoms. The molecule has 1 heterocycles. The van der Waals surface area contributed by atoms with Crippen molar-refractivity contribution >= 4 is 35.0 Å². The molecule has 0 spiro atoms. The first-order valence-electron chi connectivity index (χ1n) is 11.2. The molecular formula is C24H28FN3O5S. The number of thiophene rings is 1. The summed E-state index contributed by atoms with van der Waals surface area (Å²) in [5.41, 5.74) is -0.0415. The Kier molecular flexibility index (Phi) is 9.15. The summed E-state index contributed by atoms with van der Waals surface area (Å²) in [4.78, 5) is 52.6. The summed E-state index contributed by atoms with van der Waals surface area (Å²) in [5, 5.41) is 7.13. The smallest absolute Gasteiger partial charge is 0.325 e. The Morgan fingerprint density at radius 1 is 1.15 bits per heavy atom. The average Bonchev–Trinajstić information content (AvgIpc) is 3.53. The molecule has 1 saturated carbocycles.